The molecular formula is C21H19N3O4S. The number of ether oxygens (including phenoxy) is 2. The van der Waals surface area contributed by atoms with E-state index in [1.54, 1.807) is 48.5 Å². The van der Waals surface area contributed by atoms with Crippen LogP contribution in [0, 0.1) is 11.3 Å². The van der Waals surface area contributed by atoms with Crippen LogP contribution in [-0.4, -0.2) is 27.1 Å². The predicted octanol–water partition coefficient (Wildman–Crippen LogP) is 3.97. The molecule has 29 heavy (non-hydrogen) atoms. The van der Waals surface area contributed by atoms with Crippen molar-refractivity contribution in [2.45, 2.75) is 11.8 Å². The highest BCUT2D eigenvalue weighted by Crippen LogP contribution is 2.27. The Hall–Kier alpha value is -3.57. The Morgan fingerprint density at radius 1 is 1.00 bits per heavy atom. The van der Waals surface area contributed by atoms with Gasteiger partial charge in [-0.2, -0.15) is 5.26 Å². The fourth-order valence-corrected chi connectivity index (χ4v) is 3.72. The second kappa shape index (κ2) is 8.63. The topological polar surface area (TPSA) is 92.5 Å². The minimum Gasteiger partial charge on any atom is -0.494 e. The van der Waals surface area contributed by atoms with Gasteiger partial charge >= 0.3 is 0 Å². The summed E-state index contributed by atoms with van der Waals surface area (Å²) in [5.41, 5.74) is 0.924. The molecule has 0 saturated carbocycles. The van der Waals surface area contributed by atoms with Crippen molar-refractivity contribution in [3.05, 3.63) is 72.4 Å². The molecule has 0 aliphatic carbocycles. The Bertz CT molecular complexity index is 1100. The lowest BCUT2D eigenvalue weighted by Gasteiger charge is -2.20. The first-order valence-electron chi connectivity index (χ1n) is 8.80. The molecule has 148 valence electrons. The van der Waals surface area contributed by atoms with Crippen molar-refractivity contribution in [1.29, 1.82) is 5.26 Å². The van der Waals surface area contributed by atoms with E-state index in [1.807, 2.05) is 13.0 Å². The number of hydrogen-bond donors (Lipinski definition) is 0. The summed E-state index contributed by atoms with van der Waals surface area (Å²) in [5.74, 6) is 1.46. The summed E-state index contributed by atoms with van der Waals surface area (Å²) >= 11 is 0. The molecule has 3 aromatic rings. The van der Waals surface area contributed by atoms with E-state index in [1.165, 1.54) is 29.7 Å². The van der Waals surface area contributed by atoms with Gasteiger partial charge in [0.15, 0.2) is 0 Å². The van der Waals surface area contributed by atoms with Gasteiger partial charge < -0.3 is 9.47 Å². The Balaban J connectivity index is 1.74. The van der Waals surface area contributed by atoms with Crippen LogP contribution in [0.1, 0.15) is 12.5 Å². The normalized spacial score (nSPS) is 10.8. The fraction of sp³-hybridized carbons (Fsp3) is 0.143. The van der Waals surface area contributed by atoms with Crippen LogP contribution in [0.2, 0.25) is 0 Å². The van der Waals surface area contributed by atoms with Gasteiger partial charge in [-0.05, 0) is 61.5 Å². The number of sulfonamides is 1. The SMILES string of the molecule is CCOc1ccc(S(=O)(=O)N(C)c2ccc(Oc3ccc(C#N)cn3)cc2)cc1. The fourth-order valence-electron chi connectivity index (χ4n) is 2.52. The van der Waals surface area contributed by atoms with Gasteiger partial charge in [0.25, 0.3) is 10.0 Å². The highest BCUT2D eigenvalue weighted by molar-refractivity contribution is 7.92. The molecule has 0 saturated heterocycles. The molecular weight excluding hydrogens is 390 g/mol. The van der Waals surface area contributed by atoms with Crippen molar-refractivity contribution in [1.82, 2.24) is 4.98 Å². The van der Waals surface area contributed by atoms with Gasteiger partial charge in [0.2, 0.25) is 5.88 Å². The minimum atomic E-state index is -3.71. The first-order valence-corrected chi connectivity index (χ1v) is 10.2. The number of benzene rings is 2. The van der Waals surface area contributed by atoms with Crippen LogP contribution in [0.4, 0.5) is 5.69 Å². The Kier molecular flexibility index (Phi) is 6.00. The minimum absolute atomic E-state index is 0.172. The third kappa shape index (κ3) is 4.65. The zero-order valence-electron chi connectivity index (χ0n) is 15.9. The van der Waals surface area contributed by atoms with E-state index in [-0.39, 0.29) is 4.90 Å². The van der Waals surface area contributed by atoms with Gasteiger partial charge in [-0.3, -0.25) is 4.31 Å². The second-order valence-corrected chi connectivity index (χ2v) is 7.94. The van der Waals surface area contributed by atoms with Crippen molar-refractivity contribution < 1.29 is 17.9 Å². The molecule has 0 unspecified atom stereocenters. The van der Waals surface area contributed by atoms with E-state index >= 15 is 0 Å². The lowest BCUT2D eigenvalue weighted by molar-refractivity contribution is 0.340. The largest absolute Gasteiger partial charge is 0.494 e. The van der Waals surface area contributed by atoms with Crippen molar-refractivity contribution in [2.75, 3.05) is 18.0 Å². The summed E-state index contributed by atoms with van der Waals surface area (Å²) in [6.45, 7) is 2.38. The number of pyridine rings is 1. The number of nitriles is 1. The lowest BCUT2D eigenvalue weighted by Crippen LogP contribution is -2.26. The van der Waals surface area contributed by atoms with E-state index < -0.39 is 10.0 Å². The smallest absolute Gasteiger partial charge is 0.264 e. The molecule has 0 aliphatic rings. The van der Waals surface area contributed by atoms with E-state index in [0.717, 1.165) is 0 Å². The Morgan fingerprint density at radius 3 is 2.21 bits per heavy atom. The molecule has 2 aromatic carbocycles. The van der Waals surface area contributed by atoms with Crippen LogP contribution >= 0.6 is 0 Å². The van der Waals surface area contributed by atoms with Gasteiger partial charge in [0, 0.05) is 19.3 Å². The zero-order valence-corrected chi connectivity index (χ0v) is 16.8. The number of nitrogens with zero attached hydrogens (tertiary/aromatic N) is 3. The van der Waals surface area contributed by atoms with E-state index in [4.69, 9.17) is 14.7 Å². The third-order valence-corrected chi connectivity index (χ3v) is 5.88. The van der Waals surface area contributed by atoms with Gasteiger partial charge in [0.05, 0.1) is 22.8 Å². The van der Waals surface area contributed by atoms with Gasteiger partial charge in [-0.1, -0.05) is 0 Å². The summed E-state index contributed by atoms with van der Waals surface area (Å²) in [5, 5.41) is 8.80. The maximum Gasteiger partial charge on any atom is 0.264 e. The number of anilines is 1. The third-order valence-electron chi connectivity index (χ3n) is 4.08. The molecule has 1 aromatic heterocycles. The van der Waals surface area contributed by atoms with E-state index in [0.29, 0.717) is 35.2 Å². The monoisotopic (exact) mass is 409 g/mol. The van der Waals surface area contributed by atoms with Gasteiger partial charge in [-0.25, -0.2) is 13.4 Å². The molecule has 1 heterocycles. The van der Waals surface area contributed by atoms with Crippen LogP contribution in [0.15, 0.2) is 71.8 Å². The number of hydrogen-bond acceptors (Lipinski definition) is 6. The summed E-state index contributed by atoms with van der Waals surface area (Å²) in [6.07, 6.45) is 1.42. The number of aromatic nitrogens is 1. The zero-order chi connectivity index (χ0) is 20.9. The predicted molar refractivity (Wildman–Crippen MR) is 109 cm³/mol. The van der Waals surface area contributed by atoms with Crippen molar-refractivity contribution in [2.24, 2.45) is 0 Å². The summed E-state index contributed by atoms with van der Waals surface area (Å²) < 4.78 is 37.9. The van der Waals surface area contributed by atoms with Crippen molar-refractivity contribution in [3.8, 4) is 23.4 Å². The van der Waals surface area contributed by atoms with E-state index in [2.05, 4.69) is 4.98 Å². The first kappa shape index (κ1) is 20.2. The summed E-state index contributed by atoms with van der Waals surface area (Å²) in [6, 6.07) is 18.1. The Labute approximate surface area is 169 Å². The summed E-state index contributed by atoms with van der Waals surface area (Å²) in [4.78, 5) is 4.21. The molecule has 0 fully saturated rings. The van der Waals surface area contributed by atoms with Crippen LogP contribution < -0.4 is 13.8 Å². The summed E-state index contributed by atoms with van der Waals surface area (Å²) in [7, 11) is -2.22. The molecule has 0 amide bonds. The van der Waals surface area contributed by atoms with Crippen molar-refractivity contribution >= 4 is 15.7 Å². The molecule has 0 aliphatic heterocycles. The van der Waals surface area contributed by atoms with E-state index in [9.17, 15) is 8.42 Å². The van der Waals surface area contributed by atoms with Crippen LogP contribution in [-0.2, 0) is 10.0 Å². The molecule has 0 N–H and O–H groups in total. The van der Waals surface area contributed by atoms with Gasteiger partial charge in [-0.15, -0.1) is 0 Å². The molecule has 0 radical (unpaired) electrons. The molecule has 3 rings (SSSR count). The van der Waals surface area contributed by atoms with Crippen LogP contribution in [0.25, 0.3) is 0 Å². The maximum atomic E-state index is 12.9. The maximum absolute atomic E-state index is 12.9. The molecule has 7 nitrogen and oxygen atoms in total. The number of rotatable bonds is 7. The average Bonchev–Trinajstić information content (AvgIpc) is 2.75. The highest BCUT2D eigenvalue weighted by atomic mass is 32.2. The molecule has 0 spiro atoms. The van der Waals surface area contributed by atoms with Gasteiger partial charge in [0.1, 0.15) is 17.6 Å². The molecule has 0 bridgehead atoms. The molecule has 0 atom stereocenters. The molecule has 8 heteroatoms. The van der Waals surface area contributed by atoms with Crippen LogP contribution in [0.5, 0.6) is 17.4 Å². The lowest BCUT2D eigenvalue weighted by atomic mass is 10.3. The second-order valence-electron chi connectivity index (χ2n) is 5.97. The highest BCUT2D eigenvalue weighted by Gasteiger charge is 2.21. The first-order chi connectivity index (χ1) is 13.9. The van der Waals surface area contributed by atoms with Crippen LogP contribution in [0.3, 0.4) is 0 Å². The quantitative estimate of drug-likeness (QED) is 0.586. The Morgan fingerprint density at radius 2 is 1.66 bits per heavy atom. The average molecular weight is 409 g/mol. The van der Waals surface area contributed by atoms with Crippen molar-refractivity contribution in [3.63, 3.8) is 0 Å². The standard InChI is InChI=1S/C21H19N3O4S/c1-3-27-18-9-11-20(12-10-18)29(25,26)24(2)17-5-7-19(8-6-17)28-21-13-4-16(14-22)15-23-21/h4-13,15H,3H2,1-2H3.